The summed E-state index contributed by atoms with van der Waals surface area (Å²) in [6, 6.07) is 17.5. The van der Waals surface area contributed by atoms with Crippen molar-refractivity contribution in [2.75, 3.05) is 0 Å². The zero-order chi connectivity index (χ0) is 26.2. The van der Waals surface area contributed by atoms with E-state index in [0.717, 1.165) is 11.1 Å². The van der Waals surface area contributed by atoms with Gasteiger partial charge in [-0.1, -0.05) is 124 Å². The van der Waals surface area contributed by atoms with Crippen LogP contribution in [0, 0.1) is 0 Å². The van der Waals surface area contributed by atoms with Gasteiger partial charge >= 0.3 is 0 Å². The molecule has 4 aromatic rings. The van der Waals surface area contributed by atoms with E-state index in [-0.39, 0.29) is 47.9 Å². The third-order valence-corrected chi connectivity index (χ3v) is 5.66. The van der Waals surface area contributed by atoms with Crippen LogP contribution in [-0.2, 0) is 10.8 Å². The predicted octanol–water partition coefficient (Wildman–Crippen LogP) is 7.35. The number of rotatable bonds is 2. The molecule has 4 aromatic carbocycles. The number of benzene rings is 4. The molecule has 0 radical (unpaired) electrons. The summed E-state index contributed by atoms with van der Waals surface area (Å²) in [6.45, 7) is 5.67. The maximum absolute atomic E-state index is 9.29. The Bertz CT molecular complexity index is 1480. The van der Waals surface area contributed by atoms with Gasteiger partial charge in [0, 0.05) is 0 Å². The van der Waals surface area contributed by atoms with Gasteiger partial charge in [-0.3, -0.25) is 0 Å². The molecular weight excluding hydrogens is 348 g/mol. The van der Waals surface area contributed by atoms with Crippen LogP contribution >= 0.6 is 0 Å². The van der Waals surface area contributed by atoms with Crippen LogP contribution < -0.4 is 0 Å². The van der Waals surface area contributed by atoms with Gasteiger partial charge in [0.05, 0.1) is 15.0 Å². The highest BCUT2D eigenvalue weighted by molar-refractivity contribution is 5.86. The second-order valence-electron chi connectivity index (χ2n) is 8.48. The third kappa shape index (κ3) is 2.59. The van der Waals surface area contributed by atoms with E-state index in [0.29, 0.717) is 22.3 Å². The molecule has 0 amide bonds. The summed E-state index contributed by atoms with van der Waals surface area (Å²) in [5.74, 6) is 0. The van der Waals surface area contributed by atoms with E-state index in [1.807, 2.05) is 81.4 Å². The number of hydrogen-bond donors (Lipinski definition) is 0. The molecular formula is C29H26. The molecule has 0 saturated carbocycles. The smallest absolute Gasteiger partial charge is 0.0622 e. The first-order chi connectivity index (χ1) is 17.0. The molecule has 0 spiro atoms. The van der Waals surface area contributed by atoms with Gasteiger partial charge in [0.15, 0.2) is 0 Å². The van der Waals surface area contributed by atoms with Crippen molar-refractivity contribution in [2.45, 2.75) is 31.6 Å². The van der Waals surface area contributed by atoms with Crippen LogP contribution in [0.2, 0.25) is 0 Å². The molecule has 0 aromatic heterocycles. The molecule has 29 heavy (non-hydrogen) atoms. The average Bonchev–Trinajstić information content (AvgIpc) is 3.18. The van der Waals surface area contributed by atoms with Crippen LogP contribution in [0.4, 0.5) is 0 Å². The lowest BCUT2D eigenvalue weighted by Crippen LogP contribution is -2.28. The highest BCUT2D eigenvalue weighted by Gasteiger charge is 2.46. The maximum Gasteiger partial charge on any atom is 0.0713 e. The normalized spacial score (nSPS) is 17.7. The first-order valence-electron chi connectivity index (χ1n) is 13.3. The van der Waals surface area contributed by atoms with Crippen molar-refractivity contribution < 1.29 is 9.60 Å². The monoisotopic (exact) mass is 381 g/mol. The highest BCUT2D eigenvalue weighted by atomic mass is 14.5. The highest BCUT2D eigenvalue weighted by Crippen LogP contribution is 2.56. The van der Waals surface area contributed by atoms with E-state index in [1.54, 1.807) is 0 Å². The summed E-state index contributed by atoms with van der Waals surface area (Å²) < 4.78 is 62.5. The molecule has 0 fully saturated rings. The van der Waals surface area contributed by atoms with Crippen molar-refractivity contribution in [1.82, 2.24) is 0 Å². The fourth-order valence-electron chi connectivity index (χ4n) is 4.28. The SMILES string of the molecule is [2H]c1c([2H])c([2H])c2c(c1[2H])-c1c([2H])c(C(C)(C)C)c([2H])c([2H])c1C2(c1ccccc1)c1ccccc1. The Hall–Kier alpha value is -3.12. The van der Waals surface area contributed by atoms with Crippen molar-refractivity contribution in [2.24, 2.45) is 0 Å². The Balaban J connectivity index is 2.16. The minimum Gasteiger partial charge on any atom is -0.0622 e. The molecule has 0 heterocycles. The van der Waals surface area contributed by atoms with E-state index in [9.17, 15) is 2.74 Å². The predicted molar refractivity (Wildman–Crippen MR) is 122 cm³/mol. The lowest BCUT2D eigenvalue weighted by molar-refractivity contribution is 0.590. The Kier molecular flexibility index (Phi) is 2.62. The second-order valence-corrected chi connectivity index (χ2v) is 8.48. The zero-order valence-electron chi connectivity index (χ0n) is 23.8. The number of fused-ring (bicyclic) bond motifs is 3. The first kappa shape index (κ1) is 11.8. The largest absolute Gasteiger partial charge is 0.0713 e. The van der Waals surface area contributed by atoms with E-state index in [2.05, 4.69) is 0 Å². The van der Waals surface area contributed by atoms with Gasteiger partial charge in [-0.25, -0.2) is 0 Å². The van der Waals surface area contributed by atoms with Crippen molar-refractivity contribution in [3.05, 3.63) is 131 Å². The van der Waals surface area contributed by atoms with E-state index >= 15 is 0 Å². The molecule has 5 rings (SSSR count). The van der Waals surface area contributed by atoms with Gasteiger partial charge in [-0.2, -0.15) is 0 Å². The number of hydrogen-bond acceptors (Lipinski definition) is 0. The average molecular weight is 382 g/mol. The lowest BCUT2D eigenvalue weighted by atomic mass is 9.67. The van der Waals surface area contributed by atoms with Crippen LogP contribution in [0.5, 0.6) is 0 Å². The summed E-state index contributed by atoms with van der Waals surface area (Å²) in [5, 5.41) is 0. The Morgan fingerprint density at radius 1 is 0.655 bits per heavy atom. The van der Waals surface area contributed by atoms with Crippen LogP contribution in [0.15, 0.2) is 103 Å². The summed E-state index contributed by atoms with van der Waals surface area (Å²) in [4.78, 5) is 0. The standard InChI is InChI=1S/C29H26/c1-28(2,3)23-18-19-27-25(20-23)24-16-10-11-17-26(24)29(27,21-12-6-4-7-13-21)22-14-8-5-9-15-22/h4-20H,1-3H3/i10D,11D,16D,17D,18D,19D,20D. The van der Waals surface area contributed by atoms with Crippen molar-refractivity contribution in [3.8, 4) is 11.1 Å². The van der Waals surface area contributed by atoms with Gasteiger partial charge in [-0.05, 0) is 44.4 Å². The quantitative estimate of drug-likeness (QED) is 0.300. The summed E-state index contributed by atoms with van der Waals surface area (Å²) in [6.07, 6.45) is 0. The first-order valence-corrected chi connectivity index (χ1v) is 9.82. The van der Waals surface area contributed by atoms with Gasteiger partial charge < -0.3 is 0 Å². The minimum atomic E-state index is -1.29. The van der Waals surface area contributed by atoms with Gasteiger partial charge in [-0.15, -0.1) is 0 Å². The third-order valence-electron chi connectivity index (χ3n) is 5.66. The fourth-order valence-corrected chi connectivity index (χ4v) is 4.28. The molecule has 0 saturated heterocycles. The minimum absolute atomic E-state index is 0.0403. The maximum atomic E-state index is 9.29. The molecule has 1 aliphatic carbocycles. The fraction of sp³-hybridized carbons (Fsp3) is 0.172. The van der Waals surface area contributed by atoms with Crippen LogP contribution in [0.25, 0.3) is 11.1 Å². The van der Waals surface area contributed by atoms with Crippen LogP contribution in [0.3, 0.4) is 0 Å². The topological polar surface area (TPSA) is 0 Å². The van der Waals surface area contributed by atoms with Gasteiger partial charge in [0.25, 0.3) is 0 Å². The van der Waals surface area contributed by atoms with Gasteiger partial charge in [0.2, 0.25) is 0 Å². The molecule has 142 valence electrons. The van der Waals surface area contributed by atoms with Gasteiger partial charge in [0.1, 0.15) is 0 Å². The lowest BCUT2D eigenvalue weighted by Gasteiger charge is -2.34. The van der Waals surface area contributed by atoms with Crippen LogP contribution in [0.1, 0.15) is 58.2 Å². The molecule has 0 aliphatic heterocycles. The molecule has 0 atom stereocenters. The Morgan fingerprint density at radius 3 is 1.79 bits per heavy atom. The summed E-state index contributed by atoms with van der Waals surface area (Å²) >= 11 is 0. The van der Waals surface area contributed by atoms with Crippen molar-refractivity contribution >= 4 is 0 Å². The van der Waals surface area contributed by atoms with E-state index in [1.165, 1.54) is 0 Å². The van der Waals surface area contributed by atoms with E-state index < -0.39 is 10.8 Å². The molecule has 0 unspecified atom stereocenters. The molecule has 0 nitrogen and oxygen atoms in total. The Labute approximate surface area is 183 Å². The second kappa shape index (κ2) is 6.46. The Morgan fingerprint density at radius 2 is 1.21 bits per heavy atom. The van der Waals surface area contributed by atoms with Crippen molar-refractivity contribution in [3.63, 3.8) is 0 Å². The summed E-state index contributed by atoms with van der Waals surface area (Å²) in [5.41, 5.74) is 1.18. The zero-order valence-corrected chi connectivity index (χ0v) is 16.8. The molecule has 0 heteroatoms. The summed E-state index contributed by atoms with van der Waals surface area (Å²) in [7, 11) is 0. The molecule has 1 aliphatic rings. The molecule has 0 N–H and O–H groups in total. The van der Waals surface area contributed by atoms with Crippen LogP contribution in [-0.4, -0.2) is 0 Å². The van der Waals surface area contributed by atoms with E-state index in [4.69, 9.17) is 6.85 Å². The molecule has 0 bridgehead atoms. The van der Waals surface area contributed by atoms with Crippen molar-refractivity contribution in [1.29, 1.82) is 0 Å².